The molecule has 0 fully saturated rings. The molecule has 0 aliphatic carbocycles. The fourth-order valence-corrected chi connectivity index (χ4v) is 1.85. The minimum atomic E-state index is -0.257. The topological polar surface area (TPSA) is 85.8 Å². The van der Waals surface area contributed by atoms with Gasteiger partial charge in [-0.25, -0.2) is 4.63 Å². The van der Waals surface area contributed by atoms with Gasteiger partial charge in [-0.1, -0.05) is 5.16 Å². The second-order valence-corrected chi connectivity index (χ2v) is 4.46. The SMILES string of the molecule is Cc1cc(C)n(CCCNC(=O)c2nonc2C)n1. The first kappa shape index (κ1) is 13.3. The van der Waals surface area contributed by atoms with Gasteiger partial charge in [-0.05, 0) is 38.4 Å². The van der Waals surface area contributed by atoms with Gasteiger partial charge in [0.1, 0.15) is 5.69 Å². The number of carbonyl (C=O) groups is 1. The number of hydrogen-bond acceptors (Lipinski definition) is 5. The number of amides is 1. The Hall–Kier alpha value is -2.18. The van der Waals surface area contributed by atoms with Crippen molar-refractivity contribution in [2.75, 3.05) is 6.54 Å². The second kappa shape index (κ2) is 5.64. The van der Waals surface area contributed by atoms with E-state index in [1.54, 1.807) is 6.92 Å². The first-order chi connectivity index (χ1) is 9.08. The standard InChI is InChI=1S/C12H17N5O2/c1-8-7-9(2)17(14-8)6-4-5-13-12(18)11-10(3)15-19-16-11/h7H,4-6H2,1-3H3,(H,13,18). The Morgan fingerprint density at radius 1 is 1.37 bits per heavy atom. The number of nitrogens with zero attached hydrogens (tertiary/aromatic N) is 4. The van der Waals surface area contributed by atoms with Gasteiger partial charge < -0.3 is 5.32 Å². The summed E-state index contributed by atoms with van der Waals surface area (Å²) >= 11 is 0. The lowest BCUT2D eigenvalue weighted by molar-refractivity contribution is 0.0942. The summed E-state index contributed by atoms with van der Waals surface area (Å²) in [6.45, 7) is 7.00. The van der Waals surface area contributed by atoms with E-state index >= 15 is 0 Å². The van der Waals surface area contributed by atoms with Gasteiger partial charge >= 0.3 is 0 Å². The predicted octanol–water partition coefficient (Wildman–Crippen LogP) is 1.01. The molecule has 0 saturated carbocycles. The highest BCUT2D eigenvalue weighted by Crippen LogP contribution is 2.03. The largest absolute Gasteiger partial charge is 0.350 e. The van der Waals surface area contributed by atoms with Crippen LogP contribution in [0.1, 0.15) is 34.0 Å². The molecule has 2 aromatic rings. The molecule has 0 unspecified atom stereocenters. The van der Waals surface area contributed by atoms with E-state index in [1.807, 2.05) is 24.6 Å². The molecule has 0 aliphatic rings. The van der Waals surface area contributed by atoms with Crippen LogP contribution in [-0.2, 0) is 6.54 Å². The fraction of sp³-hybridized carbons (Fsp3) is 0.500. The first-order valence-electron chi connectivity index (χ1n) is 6.16. The molecule has 102 valence electrons. The molecule has 0 spiro atoms. The second-order valence-electron chi connectivity index (χ2n) is 4.46. The third-order valence-corrected chi connectivity index (χ3v) is 2.80. The summed E-state index contributed by atoms with van der Waals surface area (Å²) in [5.41, 5.74) is 2.87. The fourth-order valence-electron chi connectivity index (χ4n) is 1.85. The first-order valence-corrected chi connectivity index (χ1v) is 6.16. The van der Waals surface area contributed by atoms with E-state index in [1.165, 1.54) is 0 Å². The van der Waals surface area contributed by atoms with Gasteiger partial charge in [0.15, 0.2) is 5.69 Å². The molecule has 0 aliphatic heterocycles. The van der Waals surface area contributed by atoms with Crippen LogP contribution in [0.2, 0.25) is 0 Å². The van der Waals surface area contributed by atoms with E-state index in [2.05, 4.69) is 25.4 Å². The van der Waals surface area contributed by atoms with Crippen molar-refractivity contribution in [1.29, 1.82) is 0 Å². The average Bonchev–Trinajstić information content (AvgIpc) is 2.91. The van der Waals surface area contributed by atoms with Gasteiger partial charge in [0.2, 0.25) is 0 Å². The highest BCUT2D eigenvalue weighted by atomic mass is 16.6. The molecule has 1 amide bonds. The van der Waals surface area contributed by atoms with Crippen molar-refractivity contribution in [2.24, 2.45) is 0 Å². The molecular formula is C12H17N5O2. The van der Waals surface area contributed by atoms with Gasteiger partial charge in [-0.3, -0.25) is 9.48 Å². The highest BCUT2D eigenvalue weighted by Gasteiger charge is 2.13. The van der Waals surface area contributed by atoms with Crippen LogP contribution in [0.4, 0.5) is 0 Å². The molecule has 0 saturated heterocycles. The lowest BCUT2D eigenvalue weighted by Gasteiger charge is -2.05. The lowest BCUT2D eigenvalue weighted by Crippen LogP contribution is -2.26. The monoisotopic (exact) mass is 263 g/mol. The Morgan fingerprint density at radius 3 is 2.74 bits per heavy atom. The van der Waals surface area contributed by atoms with Crippen LogP contribution in [0.5, 0.6) is 0 Å². The van der Waals surface area contributed by atoms with E-state index in [4.69, 9.17) is 0 Å². The lowest BCUT2D eigenvalue weighted by atomic mass is 10.3. The van der Waals surface area contributed by atoms with Gasteiger partial charge in [-0.15, -0.1) is 0 Å². The zero-order chi connectivity index (χ0) is 13.8. The van der Waals surface area contributed by atoms with E-state index in [0.29, 0.717) is 12.2 Å². The third kappa shape index (κ3) is 3.18. The van der Waals surface area contributed by atoms with E-state index < -0.39 is 0 Å². The van der Waals surface area contributed by atoms with Crippen LogP contribution in [0.3, 0.4) is 0 Å². The van der Waals surface area contributed by atoms with E-state index in [0.717, 1.165) is 24.4 Å². The summed E-state index contributed by atoms with van der Waals surface area (Å²) in [6, 6.07) is 2.03. The maximum atomic E-state index is 11.7. The Kier molecular flexibility index (Phi) is 3.94. The summed E-state index contributed by atoms with van der Waals surface area (Å²) in [4.78, 5) is 11.7. The normalized spacial score (nSPS) is 10.7. The maximum absolute atomic E-state index is 11.7. The smallest absolute Gasteiger partial charge is 0.275 e. The van der Waals surface area contributed by atoms with Gasteiger partial charge in [0.25, 0.3) is 5.91 Å². The predicted molar refractivity (Wildman–Crippen MR) is 67.7 cm³/mol. The van der Waals surface area contributed by atoms with Crippen molar-refractivity contribution in [3.63, 3.8) is 0 Å². The molecule has 0 atom stereocenters. The number of rotatable bonds is 5. The average molecular weight is 263 g/mol. The van der Waals surface area contributed by atoms with Gasteiger partial charge in [0, 0.05) is 18.8 Å². The molecule has 1 N–H and O–H groups in total. The van der Waals surface area contributed by atoms with Gasteiger partial charge in [-0.2, -0.15) is 5.10 Å². The maximum Gasteiger partial charge on any atom is 0.275 e. The van der Waals surface area contributed by atoms with Crippen molar-refractivity contribution < 1.29 is 9.42 Å². The van der Waals surface area contributed by atoms with Gasteiger partial charge in [0.05, 0.1) is 5.69 Å². The quantitative estimate of drug-likeness (QED) is 0.814. The Bertz CT molecular complexity index is 572. The van der Waals surface area contributed by atoms with Crippen molar-refractivity contribution >= 4 is 5.91 Å². The number of hydrogen-bond donors (Lipinski definition) is 1. The zero-order valence-corrected chi connectivity index (χ0v) is 11.3. The molecule has 0 aromatic carbocycles. The Labute approximate surface area is 110 Å². The molecule has 2 aromatic heterocycles. The van der Waals surface area contributed by atoms with Crippen LogP contribution in [0, 0.1) is 20.8 Å². The van der Waals surface area contributed by atoms with Crippen LogP contribution in [0.15, 0.2) is 10.7 Å². The third-order valence-electron chi connectivity index (χ3n) is 2.80. The summed E-state index contributed by atoms with van der Waals surface area (Å²) in [5.74, 6) is -0.257. The number of carbonyl (C=O) groups excluding carboxylic acids is 1. The van der Waals surface area contributed by atoms with E-state index in [9.17, 15) is 4.79 Å². The summed E-state index contributed by atoms with van der Waals surface area (Å²) in [7, 11) is 0. The summed E-state index contributed by atoms with van der Waals surface area (Å²) in [6.07, 6.45) is 0.804. The number of aryl methyl sites for hydroxylation is 4. The summed E-state index contributed by atoms with van der Waals surface area (Å²) in [5, 5.41) is 14.3. The molecular weight excluding hydrogens is 246 g/mol. The minimum absolute atomic E-state index is 0.242. The van der Waals surface area contributed by atoms with Crippen molar-refractivity contribution in [3.8, 4) is 0 Å². The molecule has 2 rings (SSSR count). The summed E-state index contributed by atoms with van der Waals surface area (Å²) < 4.78 is 6.42. The van der Waals surface area contributed by atoms with Crippen LogP contribution in [0.25, 0.3) is 0 Å². The molecule has 19 heavy (non-hydrogen) atoms. The molecule has 0 bridgehead atoms. The molecule has 2 heterocycles. The molecule has 0 radical (unpaired) electrons. The van der Waals surface area contributed by atoms with Crippen molar-refractivity contribution in [1.82, 2.24) is 25.4 Å². The van der Waals surface area contributed by atoms with Crippen molar-refractivity contribution in [2.45, 2.75) is 33.7 Å². The van der Waals surface area contributed by atoms with Crippen LogP contribution < -0.4 is 5.32 Å². The minimum Gasteiger partial charge on any atom is -0.350 e. The Morgan fingerprint density at radius 2 is 2.16 bits per heavy atom. The van der Waals surface area contributed by atoms with Crippen molar-refractivity contribution in [3.05, 3.63) is 28.8 Å². The van der Waals surface area contributed by atoms with Crippen LogP contribution >= 0.6 is 0 Å². The number of nitrogens with one attached hydrogen (secondary N) is 1. The van der Waals surface area contributed by atoms with Crippen LogP contribution in [-0.4, -0.2) is 32.5 Å². The number of aromatic nitrogens is 4. The highest BCUT2D eigenvalue weighted by molar-refractivity contribution is 5.92. The zero-order valence-electron chi connectivity index (χ0n) is 11.3. The Balaban J connectivity index is 1.77. The molecule has 7 heteroatoms. The molecule has 7 nitrogen and oxygen atoms in total. The van der Waals surface area contributed by atoms with E-state index in [-0.39, 0.29) is 11.6 Å².